The van der Waals surface area contributed by atoms with Crippen molar-refractivity contribution in [3.63, 3.8) is 0 Å². The summed E-state index contributed by atoms with van der Waals surface area (Å²) in [4.78, 5) is 4.07. The zero-order valence-electron chi connectivity index (χ0n) is 14.4. The fourth-order valence-corrected chi connectivity index (χ4v) is 2.30. The molecular formula is C18H20F3N3O2. The lowest BCUT2D eigenvalue weighted by Gasteiger charge is -2.16. The molecule has 0 heterocycles. The number of benzene rings is 2. The molecule has 0 aliphatic heterocycles. The van der Waals surface area contributed by atoms with E-state index in [1.165, 1.54) is 12.1 Å². The number of ether oxygens (including phenoxy) is 2. The summed E-state index contributed by atoms with van der Waals surface area (Å²) >= 11 is 0. The Labute approximate surface area is 149 Å². The molecule has 2 aromatic rings. The molecule has 0 saturated heterocycles. The highest BCUT2D eigenvalue weighted by Gasteiger charge is 2.31. The number of hydrogen-bond donors (Lipinski definition) is 2. The summed E-state index contributed by atoms with van der Waals surface area (Å²) in [6.07, 6.45) is -4.74. The number of nitrogens with one attached hydrogen (secondary N) is 2. The van der Waals surface area contributed by atoms with Crippen LogP contribution in [0.3, 0.4) is 0 Å². The Morgan fingerprint density at radius 3 is 1.92 bits per heavy atom. The molecule has 0 atom stereocenters. The van der Waals surface area contributed by atoms with Gasteiger partial charge in [0.25, 0.3) is 0 Å². The van der Waals surface area contributed by atoms with Gasteiger partial charge in [-0.15, -0.1) is 13.2 Å². The smallest absolute Gasteiger partial charge is 0.496 e. The molecular weight excluding hydrogens is 347 g/mol. The number of rotatable bonds is 6. The second kappa shape index (κ2) is 8.98. The van der Waals surface area contributed by atoms with Crippen LogP contribution in [-0.2, 0) is 13.1 Å². The van der Waals surface area contributed by atoms with Crippen molar-refractivity contribution >= 4 is 5.96 Å². The molecule has 2 aromatic carbocycles. The largest absolute Gasteiger partial charge is 0.573 e. The first-order valence-corrected chi connectivity index (χ1v) is 7.83. The van der Waals surface area contributed by atoms with Crippen molar-refractivity contribution in [1.29, 1.82) is 0 Å². The van der Waals surface area contributed by atoms with Crippen molar-refractivity contribution in [3.8, 4) is 11.5 Å². The van der Waals surface area contributed by atoms with Crippen LogP contribution in [-0.4, -0.2) is 26.5 Å². The Morgan fingerprint density at radius 2 is 1.42 bits per heavy atom. The van der Waals surface area contributed by atoms with Gasteiger partial charge in [0.1, 0.15) is 11.5 Å². The van der Waals surface area contributed by atoms with Crippen LogP contribution in [0, 0.1) is 0 Å². The van der Waals surface area contributed by atoms with E-state index in [-0.39, 0.29) is 12.3 Å². The monoisotopic (exact) mass is 367 g/mol. The molecule has 26 heavy (non-hydrogen) atoms. The van der Waals surface area contributed by atoms with E-state index in [2.05, 4.69) is 20.4 Å². The maximum atomic E-state index is 12.5. The van der Waals surface area contributed by atoms with Crippen molar-refractivity contribution in [2.75, 3.05) is 14.2 Å². The highest BCUT2D eigenvalue weighted by molar-refractivity contribution is 5.79. The fourth-order valence-electron chi connectivity index (χ4n) is 2.30. The Balaban J connectivity index is 1.97. The quantitative estimate of drug-likeness (QED) is 0.607. The van der Waals surface area contributed by atoms with Crippen LogP contribution < -0.4 is 20.1 Å². The van der Waals surface area contributed by atoms with E-state index >= 15 is 0 Å². The number of guanidine groups is 1. The van der Waals surface area contributed by atoms with Gasteiger partial charge in [0.2, 0.25) is 0 Å². The predicted molar refractivity (Wildman–Crippen MR) is 93.2 cm³/mol. The molecule has 0 bridgehead atoms. The Kier molecular flexibility index (Phi) is 6.71. The fraction of sp³-hybridized carbons (Fsp3) is 0.278. The average molecular weight is 367 g/mol. The Morgan fingerprint density at radius 1 is 0.923 bits per heavy atom. The summed E-state index contributed by atoms with van der Waals surface area (Å²) in [6, 6.07) is 13.5. The molecule has 0 aromatic heterocycles. The van der Waals surface area contributed by atoms with Crippen LogP contribution in [0.15, 0.2) is 53.5 Å². The van der Waals surface area contributed by atoms with Crippen molar-refractivity contribution < 1.29 is 22.6 Å². The van der Waals surface area contributed by atoms with Gasteiger partial charge < -0.3 is 20.1 Å². The summed E-state index contributed by atoms with van der Waals surface area (Å²) in [7, 11) is 3.17. The number of hydrogen-bond acceptors (Lipinski definition) is 3. The van der Waals surface area contributed by atoms with E-state index in [4.69, 9.17) is 4.74 Å². The van der Waals surface area contributed by atoms with Crippen molar-refractivity contribution in [1.82, 2.24) is 10.6 Å². The lowest BCUT2D eigenvalue weighted by Crippen LogP contribution is -2.36. The number of methoxy groups -OCH3 is 1. The standard InChI is InChI=1S/C18H20F3N3O2/c1-22-17(23-11-13-7-3-5-9-15(13)25-2)24-12-14-8-4-6-10-16(14)26-18(19,20)21/h3-10H,11-12H2,1-2H3,(H2,22,23,24). The molecule has 0 aliphatic carbocycles. The van der Waals surface area contributed by atoms with E-state index in [0.717, 1.165) is 11.3 Å². The van der Waals surface area contributed by atoms with Crippen LogP contribution in [0.2, 0.25) is 0 Å². The average Bonchev–Trinajstić information content (AvgIpc) is 2.62. The molecule has 2 rings (SSSR count). The van der Waals surface area contributed by atoms with E-state index in [0.29, 0.717) is 18.1 Å². The summed E-state index contributed by atoms with van der Waals surface area (Å²) in [6.45, 7) is 0.572. The normalized spacial score (nSPS) is 11.8. The van der Waals surface area contributed by atoms with Gasteiger partial charge in [-0.2, -0.15) is 0 Å². The Hall–Kier alpha value is -2.90. The van der Waals surface area contributed by atoms with Gasteiger partial charge in [-0.05, 0) is 12.1 Å². The second-order valence-corrected chi connectivity index (χ2v) is 5.25. The van der Waals surface area contributed by atoms with Gasteiger partial charge in [0.05, 0.1) is 7.11 Å². The maximum absolute atomic E-state index is 12.5. The van der Waals surface area contributed by atoms with Gasteiger partial charge in [0, 0.05) is 31.3 Å². The van der Waals surface area contributed by atoms with Crippen LogP contribution in [0.4, 0.5) is 13.2 Å². The number of halogens is 3. The van der Waals surface area contributed by atoms with Gasteiger partial charge >= 0.3 is 6.36 Å². The van der Waals surface area contributed by atoms with Crippen molar-refractivity contribution in [2.45, 2.75) is 19.5 Å². The molecule has 0 unspecified atom stereocenters. The Bertz CT molecular complexity index is 748. The predicted octanol–water partition coefficient (Wildman–Crippen LogP) is 3.46. The first-order valence-electron chi connectivity index (χ1n) is 7.83. The van der Waals surface area contributed by atoms with Gasteiger partial charge in [-0.1, -0.05) is 36.4 Å². The van der Waals surface area contributed by atoms with Crippen LogP contribution in [0.25, 0.3) is 0 Å². The maximum Gasteiger partial charge on any atom is 0.573 e. The molecule has 0 amide bonds. The first-order chi connectivity index (χ1) is 12.4. The molecule has 0 aliphatic rings. The van der Waals surface area contributed by atoms with Gasteiger partial charge in [0.15, 0.2) is 5.96 Å². The summed E-state index contributed by atoms with van der Waals surface area (Å²) in [5, 5.41) is 6.06. The summed E-state index contributed by atoms with van der Waals surface area (Å²) < 4.78 is 46.7. The first kappa shape index (κ1) is 19.4. The molecule has 0 radical (unpaired) electrons. The van der Waals surface area contributed by atoms with E-state index < -0.39 is 6.36 Å². The summed E-state index contributed by atoms with van der Waals surface area (Å²) in [5.74, 6) is 0.935. The number of nitrogens with zero attached hydrogens (tertiary/aromatic N) is 1. The molecule has 0 fully saturated rings. The number of aliphatic imine (C=N–C) groups is 1. The lowest BCUT2D eigenvalue weighted by molar-refractivity contribution is -0.274. The minimum atomic E-state index is -4.74. The zero-order chi connectivity index (χ0) is 19.0. The topological polar surface area (TPSA) is 54.9 Å². The van der Waals surface area contributed by atoms with E-state index in [1.807, 2.05) is 24.3 Å². The van der Waals surface area contributed by atoms with Gasteiger partial charge in [-0.25, -0.2) is 0 Å². The molecule has 140 valence electrons. The van der Waals surface area contributed by atoms with Crippen molar-refractivity contribution in [2.24, 2.45) is 4.99 Å². The second-order valence-electron chi connectivity index (χ2n) is 5.25. The molecule has 5 nitrogen and oxygen atoms in total. The van der Waals surface area contributed by atoms with Crippen LogP contribution in [0.1, 0.15) is 11.1 Å². The molecule has 2 N–H and O–H groups in total. The SMILES string of the molecule is CN=C(NCc1ccccc1OC)NCc1ccccc1OC(F)(F)F. The third-order valence-corrected chi connectivity index (χ3v) is 3.51. The zero-order valence-corrected chi connectivity index (χ0v) is 14.4. The number of alkyl halides is 3. The lowest BCUT2D eigenvalue weighted by atomic mass is 10.2. The third kappa shape index (κ3) is 5.87. The minimum absolute atomic E-state index is 0.123. The molecule has 0 spiro atoms. The molecule has 8 heteroatoms. The minimum Gasteiger partial charge on any atom is -0.496 e. The number of para-hydroxylation sites is 2. The highest BCUT2D eigenvalue weighted by Crippen LogP contribution is 2.26. The van der Waals surface area contributed by atoms with Gasteiger partial charge in [-0.3, -0.25) is 4.99 Å². The van der Waals surface area contributed by atoms with Crippen LogP contribution >= 0.6 is 0 Å². The van der Waals surface area contributed by atoms with E-state index in [1.54, 1.807) is 26.3 Å². The van der Waals surface area contributed by atoms with Crippen LogP contribution in [0.5, 0.6) is 11.5 Å². The van der Waals surface area contributed by atoms with E-state index in [9.17, 15) is 13.2 Å². The highest BCUT2D eigenvalue weighted by atomic mass is 19.4. The summed E-state index contributed by atoms with van der Waals surface area (Å²) in [5.41, 5.74) is 1.30. The third-order valence-electron chi connectivity index (χ3n) is 3.51. The van der Waals surface area contributed by atoms with Crippen molar-refractivity contribution in [3.05, 3.63) is 59.7 Å². The molecule has 0 saturated carbocycles.